The minimum Gasteiger partial charge on any atom is -0.507 e. The minimum atomic E-state index is -0.478. The number of phenols is 1. The summed E-state index contributed by atoms with van der Waals surface area (Å²) in [5.41, 5.74) is 0.215. The first kappa shape index (κ1) is 9.01. The number of phenolic OH excluding ortho intramolecular Hbond substituents is 1. The fraction of sp³-hybridized carbons (Fsp3) is 0.125. The molecular formula is C8H9O3P. The van der Waals surface area contributed by atoms with Crippen LogP contribution in [-0.2, 0) is 4.52 Å². The number of hydrogen-bond donors (Lipinski definition) is 1. The number of carbonyl (C=O) groups is 1. The summed E-state index contributed by atoms with van der Waals surface area (Å²) in [7, 11) is 0.0993. The average Bonchev–Trinajstić information content (AvgIpc) is 2.05. The van der Waals surface area contributed by atoms with Gasteiger partial charge in [0.05, 0.1) is 8.81 Å². The van der Waals surface area contributed by atoms with E-state index in [-0.39, 0.29) is 20.1 Å². The Hall–Kier alpha value is -1.08. The summed E-state index contributed by atoms with van der Waals surface area (Å²) < 4.78 is 4.74. The molecule has 1 aromatic rings. The topological polar surface area (TPSA) is 46.5 Å². The number of hydrogen-bond acceptors (Lipinski definition) is 3. The molecule has 1 unspecified atom stereocenters. The van der Waals surface area contributed by atoms with E-state index in [0.29, 0.717) is 0 Å². The predicted molar refractivity (Wildman–Crippen MR) is 47.8 cm³/mol. The second-order valence-corrected chi connectivity index (χ2v) is 2.72. The Bertz CT molecular complexity index is 285. The molecule has 12 heavy (non-hydrogen) atoms. The Morgan fingerprint density at radius 3 is 2.75 bits per heavy atom. The van der Waals surface area contributed by atoms with Crippen LogP contribution in [0, 0.1) is 0 Å². The fourth-order valence-corrected chi connectivity index (χ4v) is 1.09. The molecule has 0 fully saturated rings. The van der Waals surface area contributed by atoms with Crippen LogP contribution < -0.4 is 0 Å². The van der Waals surface area contributed by atoms with Crippen molar-refractivity contribution in [1.82, 2.24) is 0 Å². The summed E-state index contributed by atoms with van der Waals surface area (Å²) in [6.07, 6.45) is 0. The molecule has 0 aliphatic rings. The van der Waals surface area contributed by atoms with Crippen LogP contribution in [0.4, 0.5) is 0 Å². The lowest BCUT2D eigenvalue weighted by Gasteiger charge is -2.02. The SMILES string of the molecule is CPOC(=O)c1ccccc1O. The molecule has 0 bridgehead atoms. The van der Waals surface area contributed by atoms with Gasteiger partial charge in [0.2, 0.25) is 0 Å². The van der Waals surface area contributed by atoms with E-state index in [1.54, 1.807) is 18.8 Å². The Kier molecular flexibility index (Phi) is 3.06. The van der Waals surface area contributed by atoms with E-state index in [4.69, 9.17) is 4.52 Å². The van der Waals surface area contributed by atoms with Crippen molar-refractivity contribution in [1.29, 1.82) is 0 Å². The quantitative estimate of drug-likeness (QED) is 0.712. The van der Waals surface area contributed by atoms with Crippen molar-refractivity contribution in [3.63, 3.8) is 0 Å². The van der Waals surface area contributed by atoms with Gasteiger partial charge < -0.3 is 9.63 Å². The average molecular weight is 184 g/mol. The number of rotatable bonds is 2. The van der Waals surface area contributed by atoms with E-state index in [1.165, 1.54) is 12.1 Å². The summed E-state index contributed by atoms with van der Waals surface area (Å²) in [6.45, 7) is 1.75. The number of para-hydroxylation sites is 1. The standard InChI is InChI=1S/C8H9O3P/c1-12-11-8(10)6-4-2-3-5-7(6)9/h2-5,9,12H,1H3. The van der Waals surface area contributed by atoms with Gasteiger partial charge in [0.15, 0.2) is 0 Å². The number of aromatic hydroxyl groups is 1. The van der Waals surface area contributed by atoms with E-state index >= 15 is 0 Å². The summed E-state index contributed by atoms with van der Waals surface area (Å²) >= 11 is 0. The molecule has 0 radical (unpaired) electrons. The van der Waals surface area contributed by atoms with Gasteiger partial charge in [-0.25, -0.2) is 4.79 Å². The summed E-state index contributed by atoms with van der Waals surface area (Å²) in [5, 5.41) is 9.21. The molecule has 3 nitrogen and oxygen atoms in total. The Labute approximate surface area is 72.2 Å². The molecule has 0 amide bonds. The third kappa shape index (κ3) is 1.95. The zero-order valence-electron chi connectivity index (χ0n) is 6.57. The minimum absolute atomic E-state index is 0.0410. The summed E-state index contributed by atoms with van der Waals surface area (Å²) in [6, 6.07) is 6.31. The van der Waals surface area contributed by atoms with Crippen molar-refractivity contribution in [2.45, 2.75) is 0 Å². The maximum Gasteiger partial charge on any atom is 0.344 e. The smallest absolute Gasteiger partial charge is 0.344 e. The van der Waals surface area contributed by atoms with E-state index in [9.17, 15) is 9.90 Å². The number of benzene rings is 1. The van der Waals surface area contributed by atoms with Crippen LogP contribution in [0.3, 0.4) is 0 Å². The van der Waals surface area contributed by atoms with Gasteiger partial charge in [-0.15, -0.1) is 0 Å². The first-order chi connectivity index (χ1) is 5.75. The molecule has 64 valence electrons. The fourth-order valence-electron chi connectivity index (χ4n) is 0.794. The maximum absolute atomic E-state index is 11.1. The van der Waals surface area contributed by atoms with Crippen LogP contribution in [0.5, 0.6) is 5.75 Å². The normalized spacial score (nSPS) is 10.4. The zero-order chi connectivity index (χ0) is 8.97. The van der Waals surface area contributed by atoms with Gasteiger partial charge in [0.1, 0.15) is 11.3 Å². The first-order valence-corrected chi connectivity index (χ1v) is 4.82. The van der Waals surface area contributed by atoms with Crippen molar-refractivity contribution in [2.75, 3.05) is 6.66 Å². The third-order valence-corrected chi connectivity index (χ3v) is 1.71. The van der Waals surface area contributed by atoms with Crippen LogP contribution in [0.25, 0.3) is 0 Å². The predicted octanol–water partition coefficient (Wildman–Crippen LogP) is 1.77. The highest BCUT2D eigenvalue weighted by Gasteiger charge is 2.09. The van der Waals surface area contributed by atoms with Gasteiger partial charge in [0.25, 0.3) is 0 Å². The summed E-state index contributed by atoms with van der Waals surface area (Å²) in [4.78, 5) is 11.1. The lowest BCUT2D eigenvalue weighted by atomic mass is 10.2. The molecule has 1 N–H and O–H groups in total. The van der Waals surface area contributed by atoms with E-state index in [2.05, 4.69) is 0 Å². The van der Waals surface area contributed by atoms with Gasteiger partial charge in [-0.3, -0.25) is 0 Å². The van der Waals surface area contributed by atoms with Gasteiger partial charge in [-0.2, -0.15) is 0 Å². The Balaban J connectivity index is 2.87. The molecule has 0 aliphatic carbocycles. The van der Waals surface area contributed by atoms with Crippen molar-refractivity contribution in [3.05, 3.63) is 29.8 Å². The van der Waals surface area contributed by atoms with E-state index < -0.39 is 5.97 Å². The molecule has 0 spiro atoms. The molecule has 1 atom stereocenters. The molecule has 0 aromatic heterocycles. The maximum atomic E-state index is 11.1. The first-order valence-electron chi connectivity index (χ1n) is 3.41. The highest BCUT2D eigenvalue weighted by atomic mass is 31.1. The lowest BCUT2D eigenvalue weighted by molar-refractivity contribution is 0.0758. The molecule has 0 aliphatic heterocycles. The second-order valence-electron chi connectivity index (χ2n) is 2.11. The van der Waals surface area contributed by atoms with Gasteiger partial charge >= 0.3 is 5.97 Å². The largest absolute Gasteiger partial charge is 0.507 e. The van der Waals surface area contributed by atoms with Crippen LogP contribution >= 0.6 is 8.81 Å². The van der Waals surface area contributed by atoms with Crippen LogP contribution in [0.15, 0.2) is 24.3 Å². The molecule has 1 rings (SSSR count). The van der Waals surface area contributed by atoms with Crippen molar-refractivity contribution >= 4 is 14.8 Å². The Morgan fingerprint density at radius 1 is 1.50 bits per heavy atom. The highest BCUT2D eigenvalue weighted by Crippen LogP contribution is 2.19. The van der Waals surface area contributed by atoms with Gasteiger partial charge in [-0.05, 0) is 18.8 Å². The van der Waals surface area contributed by atoms with Gasteiger partial charge in [0, 0.05) is 0 Å². The van der Waals surface area contributed by atoms with Crippen molar-refractivity contribution in [3.8, 4) is 5.75 Å². The summed E-state index contributed by atoms with van der Waals surface area (Å²) in [5.74, 6) is -0.519. The molecule has 0 heterocycles. The molecule has 1 aromatic carbocycles. The second kappa shape index (κ2) is 4.07. The zero-order valence-corrected chi connectivity index (χ0v) is 7.57. The van der Waals surface area contributed by atoms with Gasteiger partial charge in [-0.1, -0.05) is 12.1 Å². The van der Waals surface area contributed by atoms with Crippen molar-refractivity contribution < 1.29 is 14.4 Å². The van der Waals surface area contributed by atoms with E-state index in [1.807, 2.05) is 0 Å². The lowest BCUT2D eigenvalue weighted by Crippen LogP contribution is -1.98. The third-order valence-electron chi connectivity index (χ3n) is 1.32. The van der Waals surface area contributed by atoms with Crippen LogP contribution in [0.2, 0.25) is 0 Å². The van der Waals surface area contributed by atoms with Crippen molar-refractivity contribution in [2.24, 2.45) is 0 Å². The molecular weight excluding hydrogens is 175 g/mol. The monoisotopic (exact) mass is 184 g/mol. The van der Waals surface area contributed by atoms with Crippen LogP contribution in [-0.4, -0.2) is 17.7 Å². The van der Waals surface area contributed by atoms with Crippen LogP contribution in [0.1, 0.15) is 10.4 Å². The highest BCUT2D eigenvalue weighted by molar-refractivity contribution is 7.31. The molecule has 4 heteroatoms. The van der Waals surface area contributed by atoms with E-state index in [0.717, 1.165) is 0 Å². The Morgan fingerprint density at radius 2 is 2.17 bits per heavy atom. The molecule has 0 saturated carbocycles. The number of carbonyl (C=O) groups excluding carboxylic acids is 1. The molecule has 0 saturated heterocycles.